The molecule has 0 saturated carbocycles. The van der Waals surface area contributed by atoms with Crippen molar-refractivity contribution >= 4 is 11.7 Å². The molecule has 0 saturated heterocycles. The van der Waals surface area contributed by atoms with Gasteiger partial charge in [-0.2, -0.15) is 0 Å². The van der Waals surface area contributed by atoms with Crippen molar-refractivity contribution in [2.24, 2.45) is 5.73 Å². The Morgan fingerprint density at radius 1 is 1.62 bits per heavy atom. The fourth-order valence-electron chi connectivity index (χ4n) is 1.30. The zero-order chi connectivity index (χ0) is 12.3. The van der Waals surface area contributed by atoms with Crippen LogP contribution in [0, 0.1) is 5.82 Å². The first-order valence-corrected chi connectivity index (χ1v) is 4.56. The highest BCUT2D eigenvalue weighted by atomic mass is 19.1. The van der Waals surface area contributed by atoms with Crippen molar-refractivity contribution in [1.29, 1.82) is 0 Å². The fourth-order valence-corrected chi connectivity index (χ4v) is 1.30. The minimum atomic E-state index is -0.856. The standard InChI is InChI=1S/C10H13FN2O3/c1-16-9(14)4-7(12)6-2-5(11)3-8(13)10(6)15/h2-3,7,15H,4,12-13H2,1H3/t7-/m0/s1. The highest BCUT2D eigenvalue weighted by Gasteiger charge is 2.18. The van der Waals surface area contributed by atoms with Crippen LogP contribution in [0.4, 0.5) is 10.1 Å². The lowest BCUT2D eigenvalue weighted by molar-refractivity contribution is -0.141. The molecule has 0 unspecified atom stereocenters. The van der Waals surface area contributed by atoms with E-state index in [-0.39, 0.29) is 23.4 Å². The van der Waals surface area contributed by atoms with Crippen molar-refractivity contribution in [3.8, 4) is 5.75 Å². The number of carbonyl (C=O) groups excluding carboxylic acids is 1. The molecule has 6 heteroatoms. The van der Waals surface area contributed by atoms with Gasteiger partial charge in [0, 0.05) is 17.7 Å². The number of esters is 1. The van der Waals surface area contributed by atoms with E-state index in [0.717, 1.165) is 12.1 Å². The third kappa shape index (κ3) is 2.60. The molecule has 0 heterocycles. The van der Waals surface area contributed by atoms with Crippen LogP contribution in [0.2, 0.25) is 0 Å². The quantitative estimate of drug-likeness (QED) is 0.401. The van der Waals surface area contributed by atoms with Crippen LogP contribution in [0.15, 0.2) is 12.1 Å². The highest BCUT2D eigenvalue weighted by molar-refractivity contribution is 5.71. The number of benzene rings is 1. The molecular weight excluding hydrogens is 215 g/mol. The Morgan fingerprint density at radius 2 is 2.25 bits per heavy atom. The van der Waals surface area contributed by atoms with E-state index in [1.54, 1.807) is 0 Å². The normalized spacial score (nSPS) is 12.2. The molecule has 0 amide bonds. The van der Waals surface area contributed by atoms with Gasteiger partial charge in [0.2, 0.25) is 0 Å². The summed E-state index contributed by atoms with van der Waals surface area (Å²) in [5.41, 5.74) is 11.0. The van der Waals surface area contributed by atoms with Gasteiger partial charge in [-0.1, -0.05) is 0 Å². The van der Waals surface area contributed by atoms with E-state index in [4.69, 9.17) is 11.5 Å². The van der Waals surface area contributed by atoms with E-state index in [2.05, 4.69) is 4.74 Å². The largest absolute Gasteiger partial charge is 0.505 e. The molecule has 0 aliphatic heterocycles. The number of hydrogen-bond donors (Lipinski definition) is 3. The van der Waals surface area contributed by atoms with E-state index >= 15 is 0 Å². The number of nitrogens with two attached hydrogens (primary N) is 2. The molecule has 1 aromatic rings. The number of carbonyl (C=O) groups is 1. The molecule has 5 N–H and O–H groups in total. The maximum atomic E-state index is 13.0. The van der Waals surface area contributed by atoms with Crippen LogP contribution in [0.3, 0.4) is 0 Å². The zero-order valence-electron chi connectivity index (χ0n) is 8.74. The predicted molar refractivity (Wildman–Crippen MR) is 56.0 cm³/mol. The van der Waals surface area contributed by atoms with Crippen molar-refractivity contribution in [2.75, 3.05) is 12.8 Å². The first kappa shape index (κ1) is 12.3. The number of methoxy groups -OCH3 is 1. The lowest BCUT2D eigenvalue weighted by Crippen LogP contribution is -2.17. The van der Waals surface area contributed by atoms with Gasteiger partial charge in [-0.15, -0.1) is 0 Å². The van der Waals surface area contributed by atoms with Crippen molar-refractivity contribution in [2.45, 2.75) is 12.5 Å². The first-order chi connectivity index (χ1) is 7.45. The Morgan fingerprint density at radius 3 is 2.81 bits per heavy atom. The average molecular weight is 228 g/mol. The van der Waals surface area contributed by atoms with E-state index < -0.39 is 17.8 Å². The molecule has 0 aromatic heterocycles. The number of phenols is 1. The summed E-state index contributed by atoms with van der Waals surface area (Å²) in [6.45, 7) is 0. The third-order valence-electron chi connectivity index (χ3n) is 2.15. The van der Waals surface area contributed by atoms with Crippen LogP contribution < -0.4 is 11.5 Å². The molecule has 16 heavy (non-hydrogen) atoms. The Hall–Kier alpha value is -1.82. The van der Waals surface area contributed by atoms with Crippen LogP contribution in [0.1, 0.15) is 18.0 Å². The number of aromatic hydroxyl groups is 1. The first-order valence-electron chi connectivity index (χ1n) is 4.56. The Balaban J connectivity index is 2.99. The predicted octanol–water partition coefficient (Wildman–Crippen LogP) is 0.676. The lowest BCUT2D eigenvalue weighted by atomic mass is 10.0. The molecule has 1 aromatic carbocycles. The van der Waals surface area contributed by atoms with Gasteiger partial charge in [-0.25, -0.2) is 4.39 Å². The third-order valence-corrected chi connectivity index (χ3v) is 2.15. The van der Waals surface area contributed by atoms with Crippen molar-refractivity contribution < 1.29 is 19.0 Å². The highest BCUT2D eigenvalue weighted by Crippen LogP contribution is 2.31. The number of ether oxygens (including phenoxy) is 1. The van der Waals surface area contributed by atoms with Gasteiger partial charge in [0.15, 0.2) is 0 Å². The minimum Gasteiger partial charge on any atom is -0.505 e. The van der Waals surface area contributed by atoms with Gasteiger partial charge in [-0.05, 0) is 6.07 Å². The van der Waals surface area contributed by atoms with Gasteiger partial charge in [0.05, 0.1) is 19.2 Å². The minimum absolute atomic E-state index is 0.0860. The summed E-state index contributed by atoms with van der Waals surface area (Å²) in [5.74, 6) is -1.47. The number of hydrogen-bond acceptors (Lipinski definition) is 5. The lowest BCUT2D eigenvalue weighted by Gasteiger charge is -2.13. The second-order valence-corrected chi connectivity index (χ2v) is 3.32. The summed E-state index contributed by atoms with van der Waals surface area (Å²) in [4.78, 5) is 11.0. The summed E-state index contributed by atoms with van der Waals surface area (Å²) in [6.07, 6.45) is -0.160. The van der Waals surface area contributed by atoms with E-state index in [9.17, 15) is 14.3 Å². The van der Waals surface area contributed by atoms with E-state index in [1.807, 2.05) is 0 Å². The van der Waals surface area contributed by atoms with E-state index in [1.165, 1.54) is 7.11 Å². The van der Waals surface area contributed by atoms with Crippen molar-refractivity contribution in [3.63, 3.8) is 0 Å². The molecule has 0 radical (unpaired) electrons. The molecule has 0 aliphatic carbocycles. The molecule has 5 nitrogen and oxygen atoms in total. The number of anilines is 1. The molecule has 0 fully saturated rings. The molecule has 0 aliphatic rings. The smallest absolute Gasteiger partial charge is 0.307 e. The van der Waals surface area contributed by atoms with Crippen LogP contribution in [0.25, 0.3) is 0 Å². The van der Waals surface area contributed by atoms with Crippen LogP contribution in [0.5, 0.6) is 5.75 Å². The van der Waals surface area contributed by atoms with Gasteiger partial charge in [-0.3, -0.25) is 4.79 Å². The molecule has 0 spiro atoms. The number of halogens is 1. The van der Waals surface area contributed by atoms with Gasteiger partial charge >= 0.3 is 5.97 Å². The molecule has 88 valence electrons. The number of nitrogen functional groups attached to an aromatic ring is 1. The maximum Gasteiger partial charge on any atom is 0.307 e. The average Bonchev–Trinajstić information content (AvgIpc) is 2.22. The molecule has 0 bridgehead atoms. The summed E-state index contributed by atoms with van der Waals surface area (Å²) < 4.78 is 17.4. The Kier molecular flexibility index (Phi) is 3.68. The molecular formula is C10H13FN2O3. The number of rotatable bonds is 3. The SMILES string of the molecule is COC(=O)C[C@H](N)c1cc(F)cc(N)c1O. The fraction of sp³-hybridized carbons (Fsp3) is 0.300. The number of phenolic OH excluding ortho intramolecular Hbond substituents is 1. The second kappa shape index (κ2) is 4.80. The van der Waals surface area contributed by atoms with Crippen LogP contribution in [-0.4, -0.2) is 18.2 Å². The van der Waals surface area contributed by atoms with E-state index in [0.29, 0.717) is 0 Å². The molecule has 1 rings (SSSR count). The topological polar surface area (TPSA) is 98.6 Å². The zero-order valence-corrected chi connectivity index (χ0v) is 8.74. The van der Waals surface area contributed by atoms with Crippen molar-refractivity contribution in [3.05, 3.63) is 23.5 Å². The summed E-state index contributed by atoms with van der Waals surface area (Å²) in [7, 11) is 1.22. The van der Waals surface area contributed by atoms with Gasteiger partial charge < -0.3 is 21.3 Å². The second-order valence-electron chi connectivity index (χ2n) is 3.32. The van der Waals surface area contributed by atoms with Crippen LogP contribution in [-0.2, 0) is 9.53 Å². The van der Waals surface area contributed by atoms with Crippen molar-refractivity contribution in [1.82, 2.24) is 0 Å². The Bertz CT molecular complexity index is 409. The summed E-state index contributed by atoms with van der Waals surface area (Å²) in [5, 5.41) is 9.55. The summed E-state index contributed by atoms with van der Waals surface area (Å²) >= 11 is 0. The summed E-state index contributed by atoms with van der Waals surface area (Å²) in [6, 6.07) is 1.16. The Labute approximate surface area is 91.8 Å². The monoisotopic (exact) mass is 228 g/mol. The maximum absolute atomic E-state index is 13.0. The van der Waals surface area contributed by atoms with Gasteiger partial charge in [0.1, 0.15) is 11.6 Å². The molecule has 1 atom stereocenters. The van der Waals surface area contributed by atoms with Gasteiger partial charge in [0.25, 0.3) is 0 Å². The van der Waals surface area contributed by atoms with Crippen LogP contribution >= 0.6 is 0 Å².